The molecule has 0 aromatic carbocycles. The molecule has 0 aliphatic rings. The monoisotopic (exact) mass is 195 g/mol. The van der Waals surface area contributed by atoms with Gasteiger partial charge in [0.2, 0.25) is 0 Å². The summed E-state index contributed by atoms with van der Waals surface area (Å²) in [6, 6.07) is 3.21. The van der Waals surface area contributed by atoms with Gasteiger partial charge in [-0.25, -0.2) is 10.2 Å². The van der Waals surface area contributed by atoms with Crippen molar-refractivity contribution < 1.29 is 14.7 Å². The van der Waals surface area contributed by atoms with Crippen LogP contribution in [0.5, 0.6) is 0 Å². The third-order valence-electron chi connectivity index (χ3n) is 1.48. The molecular weight excluding hydrogens is 186 g/mol. The Kier molecular flexibility index (Phi) is 3.01. The first kappa shape index (κ1) is 9.97. The van der Waals surface area contributed by atoms with E-state index < -0.39 is 11.9 Å². The summed E-state index contributed by atoms with van der Waals surface area (Å²) in [6.45, 7) is 1.29. The second kappa shape index (κ2) is 4.22. The molecule has 6 nitrogen and oxygen atoms in total. The predicted molar refractivity (Wildman–Crippen MR) is 49.0 cm³/mol. The lowest BCUT2D eigenvalue weighted by atomic mass is 10.4. The zero-order valence-electron chi connectivity index (χ0n) is 7.44. The van der Waals surface area contributed by atoms with E-state index in [1.807, 2.05) is 0 Å². The van der Waals surface area contributed by atoms with Crippen molar-refractivity contribution in [3.63, 3.8) is 0 Å². The summed E-state index contributed by atoms with van der Waals surface area (Å²) in [4.78, 5) is 24.2. The Labute approximate surface area is 79.6 Å². The highest BCUT2D eigenvalue weighted by Crippen LogP contribution is 1.93. The van der Waals surface area contributed by atoms with Gasteiger partial charge in [0.05, 0.1) is 0 Å². The quantitative estimate of drug-likeness (QED) is 0.475. The van der Waals surface area contributed by atoms with Gasteiger partial charge in [-0.2, -0.15) is 5.10 Å². The predicted octanol–water partition coefficient (Wildman–Crippen LogP) is 0.205. The lowest BCUT2D eigenvalue weighted by Crippen LogP contribution is -2.21. The highest BCUT2D eigenvalue weighted by atomic mass is 16.4. The van der Waals surface area contributed by atoms with Crippen LogP contribution in [0.2, 0.25) is 0 Å². The van der Waals surface area contributed by atoms with Crippen molar-refractivity contribution in [2.75, 3.05) is 0 Å². The van der Waals surface area contributed by atoms with Crippen molar-refractivity contribution in [2.45, 2.75) is 6.92 Å². The maximum Gasteiger partial charge on any atom is 0.351 e. The molecule has 6 heteroatoms. The minimum Gasteiger partial charge on any atom is -0.477 e. The van der Waals surface area contributed by atoms with E-state index in [4.69, 9.17) is 5.11 Å². The van der Waals surface area contributed by atoms with Crippen LogP contribution in [0.25, 0.3) is 0 Å². The number of aromatic nitrogens is 1. The molecule has 0 bridgehead atoms. The smallest absolute Gasteiger partial charge is 0.351 e. The van der Waals surface area contributed by atoms with E-state index >= 15 is 0 Å². The molecule has 0 unspecified atom stereocenters. The number of hydrogen-bond donors (Lipinski definition) is 3. The maximum absolute atomic E-state index is 11.2. The van der Waals surface area contributed by atoms with Crippen molar-refractivity contribution in [2.24, 2.45) is 5.10 Å². The number of amides is 1. The van der Waals surface area contributed by atoms with E-state index in [1.165, 1.54) is 6.92 Å². The first-order valence-electron chi connectivity index (χ1n) is 3.82. The van der Waals surface area contributed by atoms with Crippen LogP contribution in [-0.2, 0) is 4.79 Å². The Morgan fingerprint density at radius 3 is 2.79 bits per heavy atom. The molecule has 1 heterocycles. The van der Waals surface area contributed by atoms with Gasteiger partial charge in [0, 0.05) is 6.20 Å². The number of hydrazone groups is 1. The van der Waals surface area contributed by atoms with E-state index in [0.29, 0.717) is 5.69 Å². The highest BCUT2D eigenvalue weighted by Gasteiger charge is 2.06. The van der Waals surface area contributed by atoms with E-state index in [1.54, 1.807) is 18.3 Å². The summed E-state index contributed by atoms with van der Waals surface area (Å²) in [5, 5.41) is 11.8. The van der Waals surface area contributed by atoms with Gasteiger partial charge in [0.1, 0.15) is 11.4 Å². The van der Waals surface area contributed by atoms with Crippen molar-refractivity contribution in [1.29, 1.82) is 0 Å². The molecule has 0 spiro atoms. The van der Waals surface area contributed by atoms with Gasteiger partial charge in [-0.1, -0.05) is 0 Å². The Morgan fingerprint density at radius 1 is 1.57 bits per heavy atom. The number of carbonyl (C=O) groups excluding carboxylic acids is 1. The summed E-state index contributed by atoms with van der Waals surface area (Å²) in [5.41, 5.74) is 2.25. The van der Waals surface area contributed by atoms with Crippen molar-refractivity contribution in [1.82, 2.24) is 10.4 Å². The number of carboxylic acids is 1. The van der Waals surface area contributed by atoms with Crippen LogP contribution in [0.4, 0.5) is 0 Å². The highest BCUT2D eigenvalue weighted by molar-refractivity contribution is 6.34. The van der Waals surface area contributed by atoms with Gasteiger partial charge in [0.15, 0.2) is 0 Å². The lowest BCUT2D eigenvalue weighted by molar-refractivity contribution is -0.129. The Morgan fingerprint density at radius 2 is 2.29 bits per heavy atom. The lowest BCUT2D eigenvalue weighted by Gasteiger charge is -1.96. The summed E-state index contributed by atoms with van der Waals surface area (Å²) < 4.78 is 0. The van der Waals surface area contributed by atoms with Gasteiger partial charge in [-0.05, 0) is 19.1 Å². The zero-order valence-corrected chi connectivity index (χ0v) is 7.44. The molecule has 0 saturated heterocycles. The number of aliphatic carboxylic acids is 1. The van der Waals surface area contributed by atoms with Gasteiger partial charge in [0.25, 0.3) is 5.91 Å². The molecular formula is C8H9N3O3. The molecule has 0 aliphatic carbocycles. The molecule has 1 aromatic rings. The van der Waals surface area contributed by atoms with Crippen molar-refractivity contribution in [3.8, 4) is 0 Å². The molecule has 3 N–H and O–H groups in total. The average Bonchev–Trinajstić information content (AvgIpc) is 2.66. The second-order valence-electron chi connectivity index (χ2n) is 2.53. The SMILES string of the molecule is C/C(=N/NC(=O)c1ccc[nH]1)C(=O)O. The fourth-order valence-corrected chi connectivity index (χ4v) is 0.714. The van der Waals surface area contributed by atoms with Crippen LogP contribution in [0.3, 0.4) is 0 Å². The molecule has 0 aliphatic heterocycles. The molecule has 0 atom stereocenters. The van der Waals surface area contributed by atoms with E-state index in [0.717, 1.165) is 0 Å². The van der Waals surface area contributed by atoms with Crippen LogP contribution in [0, 0.1) is 0 Å². The van der Waals surface area contributed by atoms with Crippen molar-refractivity contribution >= 4 is 17.6 Å². The molecule has 14 heavy (non-hydrogen) atoms. The normalized spacial score (nSPS) is 11.1. The average molecular weight is 195 g/mol. The number of rotatable bonds is 3. The summed E-state index contributed by atoms with van der Waals surface area (Å²) >= 11 is 0. The first-order chi connectivity index (χ1) is 6.61. The van der Waals surface area contributed by atoms with Gasteiger partial charge in [-0.15, -0.1) is 0 Å². The topological polar surface area (TPSA) is 94.5 Å². The Balaban J connectivity index is 2.59. The number of H-pyrrole nitrogens is 1. The third kappa shape index (κ3) is 2.44. The van der Waals surface area contributed by atoms with Gasteiger partial charge >= 0.3 is 5.97 Å². The molecule has 0 fully saturated rings. The Hall–Kier alpha value is -2.11. The van der Waals surface area contributed by atoms with Gasteiger partial charge < -0.3 is 10.1 Å². The fourth-order valence-electron chi connectivity index (χ4n) is 0.714. The molecule has 1 aromatic heterocycles. The Bertz CT molecular complexity index is 367. The number of aromatic amines is 1. The molecule has 1 rings (SSSR count). The van der Waals surface area contributed by atoms with E-state index in [-0.39, 0.29) is 5.71 Å². The third-order valence-corrected chi connectivity index (χ3v) is 1.48. The molecule has 74 valence electrons. The fraction of sp³-hybridized carbons (Fsp3) is 0.125. The number of nitrogens with one attached hydrogen (secondary N) is 2. The number of nitrogens with zero attached hydrogens (tertiary/aromatic N) is 1. The van der Waals surface area contributed by atoms with Gasteiger partial charge in [-0.3, -0.25) is 4.79 Å². The summed E-state index contributed by atoms with van der Waals surface area (Å²) in [6.07, 6.45) is 1.59. The second-order valence-corrected chi connectivity index (χ2v) is 2.53. The standard InChI is InChI=1S/C8H9N3O3/c1-5(8(13)14)10-11-7(12)6-3-2-4-9-6/h2-4,9H,1H3,(H,11,12)(H,13,14)/b10-5-. The zero-order chi connectivity index (χ0) is 10.6. The van der Waals surface area contributed by atoms with Crippen LogP contribution < -0.4 is 5.43 Å². The summed E-state index contributed by atoms with van der Waals surface area (Å²) in [5.74, 6) is -1.65. The maximum atomic E-state index is 11.2. The van der Waals surface area contributed by atoms with Crippen LogP contribution >= 0.6 is 0 Å². The van der Waals surface area contributed by atoms with Crippen molar-refractivity contribution in [3.05, 3.63) is 24.0 Å². The number of carbonyl (C=O) groups is 2. The molecule has 0 radical (unpaired) electrons. The molecule has 0 saturated carbocycles. The van der Waals surface area contributed by atoms with Crippen LogP contribution in [0.15, 0.2) is 23.4 Å². The minimum absolute atomic E-state index is 0.176. The summed E-state index contributed by atoms with van der Waals surface area (Å²) in [7, 11) is 0. The number of hydrogen-bond acceptors (Lipinski definition) is 3. The van der Waals surface area contributed by atoms with E-state index in [9.17, 15) is 9.59 Å². The number of carboxylic acid groups (broad SMARTS) is 1. The minimum atomic E-state index is -1.17. The molecule has 1 amide bonds. The van der Waals surface area contributed by atoms with Crippen LogP contribution in [0.1, 0.15) is 17.4 Å². The first-order valence-corrected chi connectivity index (χ1v) is 3.82. The largest absolute Gasteiger partial charge is 0.477 e. The van der Waals surface area contributed by atoms with E-state index in [2.05, 4.69) is 15.5 Å². The van der Waals surface area contributed by atoms with Crippen LogP contribution in [-0.4, -0.2) is 27.7 Å².